The van der Waals surface area contributed by atoms with E-state index in [1.165, 1.54) is 16.2 Å². The predicted molar refractivity (Wildman–Crippen MR) is 104 cm³/mol. The molecule has 3 amide bonds. The van der Waals surface area contributed by atoms with E-state index in [-0.39, 0.29) is 29.6 Å². The molecule has 2 heterocycles. The number of fused-ring (bicyclic) bond motifs is 1. The molecule has 1 saturated heterocycles. The molecule has 0 unspecified atom stereocenters. The average molecular weight is 396 g/mol. The van der Waals surface area contributed by atoms with E-state index in [2.05, 4.69) is 10.3 Å². The van der Waals surface area contributed by atoms with Crippen LogP contribution in [-0.4, -0.2) is 45.7 Å². The van der Waals surface area contributed by atoms with Crippen LogP contribution in [-0.2, 0) is 14.4 Å². The highest BCUT2D eigenvalue weighted by atomic mass is 32.2. The maximum Gasteiger partial charge on any atom is 0.249 e. The molecular weight excluding hydrogens is 370 g/mol. The van der Waals surface area contributed by atoms with Crippen molar-refractivity contribution in [3.63, 3.8) is 0 Å². The summed E-state index contributed by atoms with van der Waals surface area (Å²) in [6.07, 6.45) is 5.89. The molecule has 0 radical (unpaired) electrons. The summed E-state index contributed by atoms with van der Waals surface area (Å²) in [6.45, 7) is 3.84. The monoisotopic (exact) mass is 395 g/mol. The number of aromatic nitrogens is 1. The molecule has 0 spiro atoms. The minimum atomic E-state index is -0.752. The number of thioether (sulfide) groups is 1. The topological polar surface area (TPSA) is 79.4 Å². The number of amides is 3. The Morgan fingerprint density at radius 1 is 1.27 bits per heavy atom. The zero-order valence-corrected chi connectivity index (χ0v) is 17.0. The Balaban J connectivity index is 1.81. The van der Waals surface area contributed by atoms with E-state index in [0.717, 1.165) is 36.3 Å². The highest BCUT2D eigenvalue weighted by molar-refractivity contribution is 7.98. The number of likely N-dealkylation sites (tertiary alicyclic amines) is 1. The fourth-order valence-corrected chi connectivity index (χ4v) is 5.09. The van der Waals surface area contributed by atoms with Crippen molar-refractivity contribution in [3.8, 4) is 0 Å². The second-order valence-corrected chi connectivity index (χ2v) is 9.18. The number of rotatable bonds is 6. The average Bonchev–Trinajstić information content (AvgIpc) is 3.06. The second-order valence-electron chi connectivity index (χ2n) is 6.99. The molecule has 1 aromatic heterocycles. The Kier molecular flexibility index (Phi) is 6.02. The summed E-state index contributed by atoms with van der Waals surface area (Å²) in [5.74, 6) is -0.385. The van der Waals surface area contributed by atoms with Gasteiger partial charge in [0.2, 0.25) is 17.7 Å². The molecule has 2 aliphatic rings. The summed E-state index contributed by atoms with van der Waals surface area (Å²) in [5.41, 5.74) is 0.880. The lowest BCUT2D eigenvalue weighted by Crippen LogP contribution is -2.48. The molecule has 6 nitrogen and oxygen atoms in total. The van der Waals surface area contributed by atoms with Gasteiger partial charge in [0.1, 0.15) is 6.04 Å². The van der Waals surface area contributed by atoms with Gasteiger partial charge < -0.3 is 5.32 Å². The number of nitrogens with one attached hydrogen (secondary N) is 1. The smallest absolute Gasteiger partial charge is 0.249 e. The van der Waals surface area contributed by atoms with Gasteiger partial charge in [-0.05, 0) is 45.1 Å². The number of carbonyl (C=O) groups excluding carboxylic acids is 3. The lowest BCUT2D eigenvalue weighted by Gasteiger charge is -2.25. The third-order valence-corrected chi connectivity index (χ3v) is 6.98. The number of carbonyl (C=O) groups is 3. The number of thiazole rings is 1. The number of anilines is 1. The molecule has 1 aliphatic heterocycles. The first-order chi connectivity index (χ1) is 12.4. The molecule has 0 aromatic carbocycles. The molecule has 8 heteroatoms. The zero-order valence-electron chi connectivity index (χ0n) is 15.4. The van der Waals surface area contributed by atoms with Gasteiger partial charge in [-0.3, -0.25) is 19.3 Å². The van der Waals surface area contributed by atoms with Gasteiger partial charge in [-0.2, -0.15) is 11.8 Å². The van der Waals surface area contributed by atoms with Gasteiger partial charge in [0.25, 0.3) is 0 Å². The number of hydrogen-bond donors (Lipinski definition) is 1. The van der Waals surface area contributed by atoms with Crippen molar-refractivity contribution in [2.45, 2.75) is 52.0 Å². The summed E-state index contributed by atoms with van der Waals surface area (Å²) >= 11 is 3.02. The van der Waals surface area contributed by atoms with Crippen LogP contribution in [0.4, 0.5) is 5.13 Å². The van der Waals surface area contributed by atoms with E-state index >= 15 is 0 Å². The van der Waals surface area contributed by atoms with Crippen LogP contribution in [0.1, 0.15) is 42.7 Å². The van der Waals surface area contributed by atoms with Crippen molar-refractivity contribution in [3.05, 3.63) is 10.6 Å². The van der Waals surface area contributed by atoms with E-state index in [0.29, 0.717) is 17.3 Å². The van der Waals surface area contributed by atoms with Gasteiger partial charge in [-0.15, -0.1) is 11.3 Å². The minimum Gasteiger partial charge on any atom is -0.300 e. The third kappa shape index (κ3) is 3.67. The van der Waals surface area contributed by atoms with Crippen LogP contribution < -0.4 is 5.32 Å². The Hall–Kier alpha value is -1.41. The third-order valence-electron chi connectivity index (χ3n) is 5.34. The first-order valence-corrected chi connectivity index (χ1v) is 11.3. The van der Waals surface area contributed by atoms with Crippen LogP contribution in [0.3, 0.4) is 0 Å². The Labute approximate surface area is 162 Å². The molecule has 26 heavy (non-hydrogen) atoms. The maximum atomic E-state index is 12.9. The maximum absolute atomic E-state index is 12.9. The number of nitrogens with zero attached hydrogens (tertiary/aromatic N) is 2. The lowest BCUT2D eigenvalue weighted by atomic mass is 9.81. The number of aryl methyl sites for hydroxylation is 2. The van der Waals surface area contributed by atoms with Crippen molar-refractivity contribution in [1.29, 1.82) is 0 Å². The number of imide groups is 1. The van der Waals surface area contributed by atoms with Gasteiger partial charge in [0.05, 0.1) is 17.5 Å². The summed E-state index contributed by atoms with van der Waals surface area (Å²) in [7, 11) is 0. The van der Waals surface area contributed by atoms with E-state index in [4.69, 9.17) is 0 Å². The van der Waals surface area contributed by atoms with Crippen LogP contribution in [0.15, 0.2) is 0 Å². The van der Waals surface area contributed by atoms with Crippen molar-refractivity contribution < 1.29 is 14.4 Å². The highest BCUT2D eigenvalue weighted by Gasteiger charge is 2.51. The van der Waals surface area contributed by atoms with E-state index in [1.54, 1.807) is 11.8 Å². The largest absolute Gasteiger partial charge is 0.300 e. The quantitative estimate of drug-likeness (QED) is 0.749. The van der Waals surface area contributed by atoms with Crippen molar-refractivity contribution >= 4 is 46.0 Å². The molecule has 0 bridgehead atoms. The van der Waals surface area contributed by atoms with Gasteiger partial charge >= 0.3 is 0 Å². The van der Waals surface area contributed by atoms with Gasteiger partial charge in [-0.25, -0.2) is 4.98 Å². The Bertz CT molecular complexity index is 675. The molecule has 142 valence electrons. The normalized spacial score (nSPS) is 23.9. The van der Waals surface area contributed by atoms with Crippen molar-refractivity contribution in [2.75, 3.05) is 17.3 Å². The minimum absolute atomic E-state index is 0.160. The standard InChI is InChI=1S/C18H25N3O3S2/c1-10-11(2)26-18(19-10)20-15(22)14(8-9-25-3)21-16(23)12-6-4-5-7-13(12)17(21)24/h12-14H,4-9H2,1-3H3,(H,19,20,22)/t12-,13+,14-/m0/s1. The van der Waals surface area contributed by atoms with E-state index < -0.39 is 6.04 Å². The first-order valence-electron chi connectivity index (χ1n) is 9.04. The van der Waals surface area contributed by atoms with Crippen molar-refractivity contribution in [2.24, 2.45) is 11.8 Å². The molecule has 1 aromatic rings. The molecule has 1 aliphatic carbocycles. The summed E-state index contributed by atoms with van der Waals surface area (Å²) in [6, 6.07) is -0.752. The summed E-state index contributed by atoms with van der Waals surface area (Å²) in [5, 5.41) is 3.35. The molecule has 1 saturated carbocycles. The van der Waals surface area contributed by atoms with Crippen LogP contribution in [0.2, 0.25) is 0 Å². The highest BCUT2D eigenvalue weighted by Crippen LogP contribution is 2.39. The van der Waals surface area contributed by atoms with Crippen LogP contribution >= 0.6 is 23.1 Å². The van der Waals surface area contributed by atoms with Gasteiger partial charge in [-0.1, -0.05) is 12.8 Å². The Morgan fingerprint density at radius 2 is 1.88 bits per heavy atom. The first kappa shape index (κ1) is 19.4. The van der Waals surface area contributed by atoms with Crippen LogP contribution in [0.5, 0.6) is 0 Å². The molecule has 2 fully saturated rings. The SMILES string of the molecule is CSCC[C@@H](C(=O)Nc1nc(C)c(C)s1)N1C(=O)[C@H]2CCCC[C@H]2C1=O. The van der Waals surface area contributed by atoms with Crippen LogP contribution in [0, 0.1) is 25.7 Å². The van der Waals surface area contributed by atoms with E-state index in [9.17, 15) is 14.4 Å². The zero-order chi connectivity index (χ0) is 18.8. The molecule has 3 atom stereocenters. The predicted octanol–water partition coefficient (Wildman–Crippen LogP) is 3.00. The molecule has 1 N–H and O–H groups in total. The van der Waals surface area contributed by atoms with Gasteiger partial charge in [0, 0.05) is 4.88 Å². The van der Waals surface area contributed by atoms with Crippen LogP contribution in [0.25, 0.3) is 0 Å². The number of hydrogen-bond acceptors (Lipinski definition) is 6. The van der Waals surface area contributed by atoms with Gasteiger partial charge in [0.15, 0.2) is 5.13 Å². The fraction of sp³-hybridized carbons (Fsp3) is 0.667. The van der Waals surface area contributed by atoms with Crippen molar-refractivity contribution in [1.82, 2.24) is 9.88 Å². The summed E-state index contributed by atoms with van der Waals surface area (Å²) in [4.78, 5) is 45.3. The Morgan fingerprint density at radius 3 is 2.38 bits per heavy atom. The second kappa shape index (κ2) is 8.08. The molecular formula is C18H25N3O3S2. The molecule has 3 rings (SSSR count). The fourth-order valence-electron chi connectivity index (χ4n) is 3.82. The summed E-state index contributed by atoms with van der Waals surface area (Å²) < 4.78 is 0. The van der Waals surface area contributed by atoms with E-state index in [1.807, 2.05) is 20.1 Å². The lowest BCUT2D eigenvalue weighted by molar-refractivity contribution is -0.146.